The highest BCUT2D eigenvalue weighted by Gasteiger charge is 2.23. The van der Waals surface area contributed by atoms with Gasteiger partial charge in [-0.3, -0.25) is 9.36 Å². The van der Waals surface area contributed by atoms with Gasteiger partial charge in [0.15, 0.2) is 17.3 Å². The molecule has 0 bridgehead atoms. The van der Waals surface area contributed by atoms with Crippen molar-refractivity contribution in [2.45, 2.75) is 19.3 Å². The average Bonchev–Trinajstić information content (AvgIpc) is 3.14. The van der Waals surface area contributed by atoms with Gasteiger partial charge in [-0.2, -0.15) is 0 Å². The molecule has 2 heterocycles. The fourth-order valence-corrected chi connectivity index (χ4v) is 4.66. The summed E-state index contributed by atoms with van der Waals surface area (Å²) in [6.07, 6.45) is 3.33. The summed E-state index contributed by atoms with van der Waals surface area (Å²) in [7, 11) is 5.06. The quantitative estimate of drug-likeness (QED) is 0.527. The lowest BCUT2D eigenvalue weighted by Gasteiger charge is -2.26. The third-order valence-corrected chi connectivity index (χ3v) is 6.55. The topological polar surface area (TPSA) is 63.8 Å². The van der Waals surface area contributed by atoms with Crippen LogP contribution >= 0.6 is 0 Å². The Morgan fingerprint density at radius 1 is 1.20 bits per heavy atom. The third kappa shape index (κ3) is 5.20. The standard InChI is InChI=1S/C27H30FN5O2/c1-29-21-10-7-19(8-11-21)25-24(20-9-12-23(35-4)22(28)16-20)26(34)33(3)27(31-25)32(2)17-18-6-5-14-30-15-13-18/h7-12,16,18,30H,5-6,13-15,17H2,2-4H3. The molecule has 8 heteroatoms. The van der Waals surface area contributed by atoms with Gasteiger partial charge in [0.1, 0.15) is 0 Å². The maximum absolute atomic E-state index is 14.6. The summed E-state index contributed by atoms with van der Waals surface area (Å²) in [5.41, 5.74) is 2.10. The summed E-state index contributed by atoms with van der Waals surface area (Å²) in [5, 5.41) is 3.44. The Morgan fingerprint density at radius 2 is 1.94 bits per heavy atom. The van der Waals surface area contributed by atoms with Crippen LogP contribution in [0.3, 0.4) is 0 Å². The maximum atomic E-state index is 14.6. The van der Waals surface area contributed by atoms with Gasteiger partial charge in [0.2, 0.25) is 5.95 Å². The average molecular weight is 476 g/mol. The van der Waals surface area contributed by atoms with Crippen molar-refractivity contribution in [3.05, 3.63) is 70.1 Å². The van der Waals surface area contributed by atoms with E-state index in [1.807, 2.05) is 11.9 Å². The summed E-state index contributed by atoms with van der Waals surface area (Å²) >= 11 is 0. The van der Waals surface area contributed by atoms with Crippen LogP contribution in [0.15, 0.2) is 47.3 Å². The first-order valence-corrected chi connectivity index (χ1v) is 11.8. The van der Waals surface area contributed by atoms with Crippen molar-refractivity contribution < 1.29 is 9.13 Å². The lowest BCUT2D eigenvalue weighted by atomic mass is 9.99. The molecule has 35 heavy (non-hydrogen) atoms. The molecule has 4 rings (SSSR count). The van der Waals surface area contributed by atoms with Crippen molar-refractivity contribution in [1.29, 1.82) is 0 Å². The van der Waals surface area contributed by atoms with Crippen LogP contribution in [-0.2, 0) is 7.05 Å². The van der Waals surface area contributed by atoms with Crippen LogP contribution in [-0.4, -0.2) is 43.3 Å². The first-order valence-electron chi connectivity index (χ1n) is 11.8. The lowest BCUT2D eigenvalue weighted by molar-refractivity contribution is 0.386. The molecule has 1 unspecified atom stereocenters. The minimum Gasteiger partial charge on any atom is -0.494 e. The van der Waals surface area contributed by atoms with Crippen LogP contribution < -0.4 is 20.5 Å². The fourth-order valence-electron chi connectivity index (χ4n) is 4.66. The molecule has 3 aromatic rings. The summed E-state index contributed by atoms with van der Waals surface area (Å²) < 4.78 is 21.2. The highest BCUT2D eigenvalue weighted by atomic mass is 19.1. The van der Waals surface area contributed by atoms with Gasteiger partial charge in [-0.05, 0) is 61.5 Å². The molecule has 0 saturated carbocycles. The number of rotatable bonds is 6. The SMILES string of the molecule is [C-]#[N+]c1ccc(-c2nc(N(C)CC3CCCNCC3)n(C)c(=O)c2-c2ccc(OC)c(F)c2)cc1. The fraction of sp³-hybridized carbons (Fsp3) is 0.370. The summed E-state index contributed by atoms with van der Waals surface area (Å²) in [4.78, 5) is 24.1. The van der Waals surface area contributed by atoms with Gasteiger partial charge in [0, 0.05) is 20.6 Å². The van der Waals surface area contributed by atoms with E-state index in [-0.39, 0.29) is 11.3 Å². The lowest BCUT2D eigenvalue weighted by Crippen LogP contribution is -2.33. The first kappa shape index (κ1) is 24.4. The molecule has 0 spiro atoms. The number of aromatic nitrogens is 2. The Kier molecular flexibility index (Phi) is 7.47. The van der Waals surface area contributed by atoms with Crippen molar-refractivity contribution in [1.82, 2.24) is 14.9 Å². The van der Waals surface area contributed by atoms with E-state index >= 15 is 0 Å². The molecule has 1 N–H and O–H groups in total. The van der Waals surface area contributed by atoms with Crippen LogP contribution in [0.2, 0.25) is 0 Å². The summed E-state index contributed by atoms with van der Waals surface area (Å²) in [6, 6.07) is 11.4. The zero-order chi connectivity index (χ0) is 24.9. The van der Waals surface area contributed by atoms with Gasteiger partial charge >= 0.3 is 0 Å². The molecule has 182 valence electrons. The normalized spacial score (nSPS) is 15.8. The molecule has 1 saturated heterocycles. The van der Waals surface area contributed by atoms with E-state index in [1.165, 1.54) is 23.8 Å². The van der Waals surface area contributed by atoms with Gasteiger partial charge in [0.25, 0.3) is 5.56 Å². The largest absolute Gasteiger partial charge is 0.494 e. The molecule has 1 aromatic heterocycles. The number of halogens is 1. The van der Waals surface area contributed by atoms with Gasteiger partial charge in [-0.25, -0.2) is 14.2 Å². The van der Waals surface area contributed by atoms with Crippen molar-refractivity contribution in [3.8, 4) is 28.1 Å². The molecule has 1 aliphatic heterocycles. The highest BCUT2D eigenvalue weighted by Crippen LogP contribution is 2.33. The second-order valence-electron chi connectivity index (χ2n) is 8.94. The Hall–Kier alpha value is -3.70. The zero-order valence-electron chi connectivity index (χ0n) is 20.3. The third-order valence-electron chi connectivity index (χ3n) is 6.55. The van der Waals surface area contributed by atoms with Crippen LogP contribution in [0.25, 0.3) is 27.2 Å². The number of hydrogen-bond acceptors (Lipinski definition) is 5. The molecule has 0 amide bonds. The highest BCUT2D eigenvalue weighted by molar-refractivity contribution is 5.82. The van der Waals surface area contributed by atoms with E-state index in [0.717, 1.165) is 38.9 Å². The van der Waals surface area contributed by atoms with E-state index in [9.17, 15) is 9.18 Å². The van der Waals surface area contributed by atoms with Crippen molar-refractivity contribution in [2.24, 2.45) is 13.0 Å². The molecule has 1 fully saturated rings. The summed E-state index contributed by atoms with van der Waals surface area (Å²) in [6.45, 7) is 10.1. The number of methoxy groups -OCH3 is 1. The van der Waals surface area contributed by atoms with E-state index in [0.29, 0.717) is 39.9 Å². The molecule has 7 nitrogen and oxygen atoms in total. The number of hydrogen-bond donors (Lipinski definition) is 1. The smallest absolute Gasteiger partial charge is 0.263 e. The van der Waals surface area contributed by atoms with Gasteiger partial charge < -0.3 is 15.0 Å². The zero-order valence-corrected chi connectivity index (χ0v) is 20.3. The Labute approximate surface area is 205 Å². The Morgan fingerprint density at radius 3 is 2.63 bits per heavy atom. The molecule has 0 radical (unpaired) electrons. The molecule has 0 aliphatic carbocycles. The predicted molar refractivity (Wildman–Crippen MR) is 137 cm³/mol. The van der Waals surface area contributed by atoms with E-state index in [1.54, 1.807) is 37.4 Å². The number of nitrogens with zero attached hydrogens (tertiary/aromatic N) is 4. The van der Waals surface area contributed by atoms with Gasteiger partial charge in [-0.1, -0.05) is 30.3 Å². The minimum absolute atomic E-state index is 0.107. The predicted octanol–water partition coefficient (Wildman–Crippen LogP) is 4.64. The summed E-state index contributed by atoms with van der Waals surface area (Å²) in [5.74, 6) is 0.609. The van der Waals surface area contributed by atoms with Crippen molar-refractivity contribution in [3.63, 3.8) is 0 Å². The number of benzene rings is 2. The van der Waals surface area contributed by atoms with Gasteiger partial charge in [-0.15, -0.1) is 0 Å². The van der Waals surface area contributed by atoms with Gasteiger partial charge in [0.05, 0.1) is 24.9 Å². The molecule has 1 aliphatic rings. The molecular weight excluding hydrogens is 445 g/mol. The van der Waals surface area contributed by atoms with Crippen LogP contribution in [0.5, 0.6) is 5.75 Å². The Balaban J connectivity index is 1.84. The number of anilines is 1. The first-order chi connectivity index (χ1) is 16.9. The van der Waals surface area contributed by atoms with Crippen LogP contribution in [0, 0.1) is 18.3 Å². The van der Waals surface area contributed by atoms with Crippen LogP contribution in [0.4, 0.5) is 16.0 Å². The second-order valence-corrected chi connectivity index (χ2v) is 8.94. The van der Waals surface area contributed by atoms with E-state index in [4.69, 9.17) is 16.3 Å². The second kappa shape index (κ2) is 10.7. The monoisotopic (exact) mass is 475 g/mol. The van der Waals surface area contributed by atoms with Crippen LogP contribution in [0.1, 0.15) is 19.3 Å². The molecule has 2 aromatic carbocycles. The molecular formula is C27H30FN5O2. The van der Waals surface area contributed by atoms with Crippen molar-refractivity contribution >= 4 is 11.6 Å². The minimum atomic E-state index is -0.551. The van der Waals surface area contributed by atoms with E-state index in [2.05, 4.69) is 10.2 Å². The number of nitrogens with one attached hydrogen (secondary N) is 1. The molecule has 1 atom stereocenters. The maximum Gasteiger partial charge on any atom is 0.263 e. The van der Waals surface area contributed by atoms with Crippen molar-refractivity contribution in [2.75, 3.05) is 38.7 Å². The number of ether oxygens (including phenoxy) is 1. The Bertz CT molecular complexity index is 1290. The van der Waals surface area contributed by atoms with E-state index < -0.39 is 5.82 Å².